The van der Waals surface area contributed by atoms with Crippen molar-refractivity contribution in [3.63, 3.8) is 0 Å². The molecule has 0 bridgehead atoms. The third-order valence-electron chi connectivity index (χ3n) is 6.64. The van der Waals surface area contributed by atoms with Gasteiger partial charge < -0.3 is 4.74 Å². The molecule has 0 N–H and O–H groups in total. The Kier molecular flexibility index (Phi) is 6.15. The highest BCUT2D eigenvalue weighted by molar-refractivity contribution is 7.15. The van der Waals surface area contributed by atoms with E-state index < -0.39 is 0 Å². The summed E-state index contributed by atoms with van der Waals surface area (Å²) in [5, 5.41) is 5.61. The minimum atomic E-state index is -0.0851. The van der Waals surface area contributed by atoms with Gasteiger partial charge in [-0.1, -0.05) is 65.4 Å². The van der Waals surface area contributed by atoms with Crippen LogP contribution in [0.25, 0.3) is 39.0 Å². The largest absolute Gasteiger partial charge is 0.489 e. The smallest absolute Gasteiger partial charge is 0.274 e. The number of para-hydroxylation sites is 3. The average Bonchev–Trinajstić information content (AvgIpc) is 3.66. The van der Waals surface area contributed by atoms with Gasteiger partial charge in [0, 0.05) is 22.3 Å². The van der Waals surface area contributed by atoms with Crippen molar-refractivity contribution in [2.24, 2.45) is 0 Å². The number of benzene rings is 4. The molecule has 0 amide bonds. The van der Waals surface area contributed by atoms with E-state index in [0.29, 0.717) is 21.1 Å². The highest BCUT2D eigenvalue weighted by atomic mass is 35.5. The molecule has 6 nitrogen and oxygen atoms in total. The maximum Gasteiger partial charge on any atom is 0.274 e. The molecule has 0 saturated carbocycles. The van der Waals surface area contributed by atoms with Gasteiger partial charge in [-0.05, 0) is 72.3 Å². The second-order valence-electron chi connectivity index (χ2n) is 9.29. The zero-order valence-electron chi connectivity index (χ0n) is 21.1. The number of hydrogen-bond donors (Lipinski definition) is 0. The van der Waals surface area contributed by atoms with E-state index in [1.807, 2.05) is 120 Å². The molecule has 0 fully saturated rings. The fourth-order valence-electron chi connectivity index (χ4n) is 4.64. The molecular formula is C32H21ClN4O2S. The van der Waals surface area contributed by atoms with Crippen LogP contribution in [-0.4, -0.2) is 19.2 Å². The van der Waals surface area contributed by atoms with Gasteiger partial charge in [-0.25, -0.2) is 14.1 Å². The maximum absolute atomic E-state index is 13.4. The zero-order chi connectivity index (χ0) is 27.1. The number of aromatic nitrogens is 4. The van der Waals surface area contributed by atoms with E-state index in [1.165, 1.54) is 11.3 Å². The molecule has 0 aliphatic heterocycles. The van der Waals surface area contributed by atoms with Crippen LogP contribution >= 0.6 is 22.9 Å². The highest BCUT2D eigenvalue weighted by Crippen LogP contribution is 2.27. The van der Waals surface area contributed by atoms with Gasteiger partial charge >= 0.3 is 0 Å². The van der Waals surface area contributed by atoms with Crippen LogP contribution in [-0.2, 0) is 6.61 Å². The number of halogens is 1. The van der Waals surface area contributed by atoms with E-state index in [4.69, 9.17) is 21.4 Å². The van der Waals surface area contributed by atoms with Gasteiger partial charge in [0.25, 0.3) is 5.56 Å². The molecule has 7 aromatic rings. The summed E-state index contributed by atoms with van der Waals surface area (Å²) in [5.74, 6) is 0.750. The van der Waals surface area contributed by atoms with Crippen LogP contribution in [0.3, 0.4) is 0 Å². The van der Waals surface area contributed by atoms with E-state index in [-0.39, 0.29) is 5.56 Å². The Balaban J connectivity index is 1.27. The Morgan fingerprint density at radius 1 is 0.875 bits per heavy atom. The third kappa shape index (κ3) is 4.55. The first-order valence-electron chi connectivity index (χ1n) is 12.7. The van der Waals surface area contributed by atoms with E-state index in [1.54, 1.807) is 4.40 Å². The number of hydrogen-bond acceptors (Lipinski definition) is 5. The number of ether oxygens (including phenoxy) is 1. The molecule has 3 heterocycles. The van der Waals surface area contributed by atoms with E-state index in [0.717, 1.165) is 44.9 Å². The van der Waals surface area contributed by atoms with Gasteiger partial charge in [0.2, 0.25) is 0 Å². The summed E-state index contributed by atoms with van der Waals surface area (Å²) in [4.78, 5) is 18.8. The quantitative estimate of drug-likeness (QED) is 0.232. The lowest BCUT2D eigenvalue weighted by atomic mass is 10.1. The molecule has 0 saturated heterocycles. The predicted molar refractivity (Wildman–Crippen MR) is 160 cm³/mol. The van der Waals surface area contributed by atoms with Crippen molar-refractivity contribution >= 4 is 45.0 Å². The van der Waals surface area contributed by atoms with Gasteiger partial charge in [0.15, 0.2) is 4.96 Å². The summed E-state index contributed by atoms with van der Waals surface area (Å²) in [6, 6.07) is 33.0. The first-order chi connectivity index (χ1) is 19.6. The molecule has 0 atom stereocenters. The Hall–Kier alpha value is -4.72. The maximum atomic E-state index is 13.4. The molecule has 0 aliphatic rings. The molecular weight excluding hydrogens is 540 g/mol. The summed E-state index contributed by atoms with van der Waals surface area (Å²) < 4.78 is 10.1. The number of thiazole rings is 1. The zero-order valence-corrected chi connectivity index (χ0v) is 22.6. The second-order valence-corrected chi connectivity index (χ2v) is 10.7. The molecule has 0 spiro atoms. The molecule has 40 heavy (non-hydrogen) atoms. The normalized spacial score (nSPS) is 12.0. The lowest BCUT2D eigenvalue weighted by Gasteiger charge is -2.07. The SMILES string of the molecule is O=c1c(=Cc2cn(-c3ccccc3)nc2-c2ccc(OCc3ccc(Cl)cc3)cc2)sc2nc3ccccc3n12. The third-order valence-corrected chi connectivity index (χ3v) is 7.86. The topological polar surface area (TPSA) is 61.4 Å². The van der Waals surface area contributed by atoms with Crippen LogP contribution in [0.15, 0.2) is 114 Å². The van der Waals surface area contributed by atoms with Crippen molar-refractivity contribution in [3.05, 3.63) is 140 Å². The lowest BCUT2D eigenvalue weighted by molar-refractivity contribution is 0.306. The van der Waals surface area contributed by atoms with Gasteiger partial charge in [-0.2, -0.15) is 5.10 Å². The van der Waals surface area contributed by atoms with Crippen molar-refractivity contribution < 1.29 is 4.74 Å². The molecule has 8 heteroatoms. The molecule has 3 aromatic heterocycles. The van der Waals surface area contributed by atoms with Crippen LogP contribution in [0.1, 0.15) is 11.1 Å². The summed E-state index contributed by atoms with van der Waals surface area (Å²) in [5.41, 5.74) is 6.03. The Morgan fingerprint density at radius 3 is 2.42 bits per heavy atom. The van der Waals surface area contributed by atoms with Gasteiger partial charge in [0.1, 0.15) is 18.1 Å². The highest BCUT2D eigenvalue weighted by Gasteiger charge is 2.14. The molecule has 4 aromatic carbocycles. The van der Waals surface area contributed by atoms with Crippen molar-refractivity contribution in [2.75, 3.05) is 0 Å². The number of nitrogens with zero attached hydrogens (tertiary/aromatic N) is 4. The van der Waals surface area contributed by atoms with Gasteiger partial charge in [-0.15, -0.1) is 0 Å². The van der Waals surface area contributed by atoms with Gasteiger partial charge in [0.05, 0.1) is 21.3 Å². The molecule has 194 valence electrons. The molecule has 0 unspecified atom stereocenters. The minimum Gasteiger partial charge on any atom is -0.489 e. The number of rotatable bonds is 6. The van der Waals surface area contributed by atoms with Crippen molar-refractivity contribution in [3.8, 4) is 22.7 Å². The fraction of sp³-hybridized carbons (Fsp3) is 0.0312. The Bertz CT molecular complexity index is 2080. The molecule has 0 radical (unpaired) electrons. The first-order valence-corrected chi connectivity index (χ1v) is 13.9. The van der Waals surface area contributed by atoms with Crippen LogP contribution in [0.4, 0.5) is 0 Å². The summed E-state index contributed by atoms with van der Waals surface area (Å²) in [7, 11) is 0. The number of fused-ring (bicyclic) bond motifs is 3. The van der Waals surface area contributed by atoms with Crippen molar-refractivity contribution in [1.82, 2.24) is 19.2 Å². The van der Waals surface area contributed by atoms with E-state index >= 15 is 0 Å². The van der Waals surface area contributed by atoms with Crippen LogP contribution in [0, 0.1) is 0 Å². The average molecular weight is 561 g/mol. The summed E-state index contributed by atoms with van der Waals surface area (Å²) >= 11 is 7.36. The first kappa shape index (κ1) is 24.3. The van der Waals surface area contributed by atoms with Crippen LogP contribution in [0.2, 0.25) is 5.02 Å². The van der Waals surface area contributed by atoms with Gasteiger partial charge in [-0.3, -0.25) is 4.79 Å². The van der Waals surface area contributed by atoms with Crippen LogP contribution < -0.4 is 14.8 Å². The van der Waals surface area contributed by atoms with Crippen molar-refractivity contribution in [2.45, 2.75) is 6.61 Å². The summed E-state index contributed by atoms with van der Waals surface area (Å²) in [6.07, 6.45) is 3.86. The number of imidazole rings is 1. The van der Waals surface area contributed by atoms with E-state index in [9.17, 15) is 4.79 Å². The fourth-order valence-corrected chi connectivity index (χ4v) is 5.74. The molecule has 7 rings (SSSR count). The second kappa shape index (κ2) is 10.1. The lowest BCUT2D eigenvalue weighted by Crippen LogP contribution is -2.22. The monoisotopic (exact) mass is 560 g/mol. The summed E-state index contributed by atoms with van der Waals surface area (Å²) in [6.45, 7) is 0.444. The molecule has 0 aliphatic carbocycles. The van der Waals surface area contributed by atoms with E-state index in [2.05, 4.69) is 4.98 Å². The Morgan fingerprint density at radius 2 is 1.62 bits per heavy atom. The Labute approximate surface area is 238 Å². The minimum absolute atomic E-state index is 0.0851. The van der Waals surface area contributed by atoms with Crippen molar-refractivity contribution in [1.29, 1.82) is 0 Å². The predicted octanol–water partition coefficient (Wildman–Crippen LogP) is 6.54. The standard InChI is InChI=1S/C32H21ClN4O2S/c33-24-14-10-21(11-15-24)20-39-26-16-12-22(13-17-26)30-23(19-36(35-30)25-6-2-1-3-7-25)18-29-31(38)37-28-9-5-4-8-27(28)34-32(37)40-29/h1-19H,20H2. The van der Waals surface area contributed by atoms with Crippen LogP contribution in [0.5, 0.6) is 5.75 Å².